The highest BCUT2D eigenvalue weighted by molar-refractivity contribution is 6.31. The highest BCUT2D eigenvalue weighted by Crippen LogP contribution is 2.33. The van der Waals surface area contributed by atoms with Crippen molar-refractivity contribution < 1.29 is 4.79 Å². The average molecular weight is 476 g/mol. The van der Waals surface area contributed by atoms with Crippen LogP contribution in [0.3, 0.4) is 0 Å². The average Bonchev–Trinajstić information content (AvgIpc) is 3.22. The molecule has 1 atom stereocenters. The Morgan fingerprint density at radius 3 is 2.24 bits per heavy atom. The van der Waals surface area contributed by atoms with Gasteiger partial charge in [-0.3, -0.25) is 10.1 Å². The maximum absolute atomic E-state index is 12.7. The van der Waals surface area contributed by atoms with Crippen molar-refractivity contribution in [3.63, 3.8) is 0 Å². The van der Waals surface area contributed by atoms with Crippen molar-refractivity contribution >= 4 is 46.7 Å². The Kier molecular flexibility index (Phi) is 5.62. The molecule has 0 aliphatic carbocycles. The highest BCUT2D eigenvalue weighted by atomic mass is 35.5. The van der Waals surface area contributed by atoms with E-state index in [2.05, 4.69) is 51.1 Å². The number of nitrogens with zero attached hydrogens (tertiary/aromatic N) is 3. The van der Waals surface area contributed by atoms with Crippen molar-refractivity contribution in [1.29, 1.82) is 0 Å². The Morgan fingerprint density at radius 2 is 1.58 bits per heavy atom. The molecule has 0 radical (unpaired) electrons. The van der Waals surface area contributed by atoms with E-state index in [1.807, 2.05) is 31.2 Å². The number of nitrogens with one attached hydrogen (secondary N) is 2. The van der Waals surface area contributed by atoms with Crippen LogP contribution in [-0.2, 0) is 0 Å². The Hall–Kier alpha value is -3.61. The number of allylic oxidation sites excluding steroid dienone is 1. The summed E-state index contributed by atoms with van der Waals surface area (Å²) in [6.45, 7) is 2.05. The molecule has 8 heteroatoms. The van der Waals surface area contributed by atoms with Gasteiger partial charge in [0.25, 0.3) is 11.9 Å². The van der Waals surface area contributed by atoms with Gasteiger partial charge in [0.15, 0.2) is 0 Å². The standard InChI is InChI=1S/C25H19Cl2N5O/c1-15-2-4-17(5-3-15)22-14-21(16-6-10-19(26)11-7-16)28-25-30-24(31-32(22)25)29-23(33)18-8-12-20(27)13-9-18/h2-14,22H,1H3,(H2,28,29,30,31,33)/t22-/m0/s1. The topological polar surface area (TPSA) is 71.8 Å². The number of carbonyl (C=O) groups is 1. The first-order chi connectivity index (χ1) is 16.0. The minimum Gasteiger partial charge on any atom is -0.324 e. The van der Waals surface area contributed by atoms with Crippen LogP contribution in [0, 0.1) is 6.92 Å². The Morgan fingerprint density at radius 1 is 0.939 bits per heavy atom. The first-order valence-electron chi connectivity index (χ1n) is 10.3. The molecule has 0 unspecified atom stereocenters. The zero-order valence-electron chi connectivity index (χ0n) is 17.6. The third-order valence-electron chi connectivity index (χ3n) is 5.37. The van der Waals surface area contributed by atoms with Crippen LogP contribution >= 0.6 is 23.2 Å². The summed E-state index contributed by atoms with van der Waals surface area (Å²) in [6.07, 6.45) is 2.08. The van der Waals surface area contributed by atoms with Gasteiger partial charge in [-0.25, -0.2) is 4.68 Å². The summed E-state index contributed by atoms with van der Waals surface area (Å²) in [5.41, 5.74) is 4.54. The molecule has 1 aliphatic rings. The quantitative estimate of drug-likeness (QED) is 0.368. The normalized spacial score (nSPS) is 14.8. The summed E-state index contributed by atoms with van der Waals surface area (Å²) < 4.78 is 1.77. The van der Waals surface area contributed by atoms with Crippen LogP contribution in [0.1, 0.15) is 33.1 Å². The smallest absolute Gasteiger partial charge is 0.258 e. The number of anilines is 2. The van der Waals surface area contributed by atoms with E-state index in [-0.39, 0.29) is 17.9 Å². The summed E-state index contributed by atoms with van der Waals surface area (Å²) >= 11 is 12.0. The molecule has 33 heavy (non-hydrogen) atoms. The number of halogens is 2. The van der Waals surface area contributed by atoms with Gasteiger partial charge in [-0.05, 0) is 60.5 Å². The lowest BCUT2D eigenvalue weighted by atomic mass is 10.0. The Bertz CT molecular complexity index is 1340. The first-order valence-corrected chi connectivity index (χ1v) is 11.1. The van der Waals surface area contributed by atoms with E-state index < -0.39 is 0 Å². The minimum absolute atomic E-state index is 0.207. The zero-order valence-corrected chi connectivity index (χ0v) is 19.1. The molecule has 4 aromatic rings. The molecule has 2 heterocycles. The van der Waals surface area contributed by atoms with Gasteiger partial charge in [0.05, 0.1) is 0 Å². The predicted octanol–water partition coefficient (Wildman–Crippen LogP) is 6.20. The van der Waals surface area contributed by atoms with E-state index in [4.69, 9.17) is 23.2 Å². The van der Waals surface area contributed by atoms with Crippen molar-refractivity contribution in [3.05, 3.63) is 111 Å². The fraction of sp³-hybridized carbons (Fsp3) is 0.0800. The summed E-state index contributed by atoms with van der Waals surface area (Å²) in [7, 11) is 0. The fourth-order valence-corrected chi connectivity index (χ4v) is 3.87. The summed E-state index contributed by atoms with van der Waals surface area (Å²) in [5.74, 6) is 0.423. The van der Waals surface area contributed by atoms with Gasteiger partial charge >= 0.3 is 0 Å². The molecule has 0 saturated heterocycles. The molecule has 0 spiro atoms. The fourth-order valence-electron chi connectivity index (χ4n) is 3.62. The van der Waals surface area contributed by atoms with Crippen LogP contribution in [-0.4, -0.2) is 20.7 Å². The first kappa shape index (κ1) is 21.2. The van der Waals surface area contributed by atoms with Gasteiger partial charge in [0.1, 0.15) is 6.04 Å². The molecule has 2 N–H and O–H groups in total. The van der Waals surface area contributed by atoms with Gasteiger partial charge in [0, 0.05) is 21.3 Å². The largest absolute Gasteiger partial charge is 0.324 e. The van der Waals surface area contributed by atoms with E-state index >= 15 is 0 Å². The van der Waals surface area contributed by atoms with Crippen LogP contribution in [0.5, 0.6) is 0 Å². The number of fused-ring (bicyclic) bond motifs is 1. The number of carbonyl (C=O) groups excluding carboxylic acids is 1. The predicted molar refractivity (Wildman–Crippen MR) is 132 cm³/mol. The van der Waals surface area contributed by atoms with E-state index in [1.54, 1.807) is 28.9 Å². The van der Waals surface area contributed by atoms with Gasteiger partial charge in [-0.15, -0.1) is 5.10 Å². The lowest BCUT2D eigenvalue weighted by Crippen LogP contribution is -2.20. The lowest BCUT2D eigenvalue weighted by molar-refractivity contribution is 0.102. The molecule has 1 aromatic heterocycles. The van der Waals surface area contributed by atoms with Crippen LogP contribution < -0.4 is 10.6 Å². The van der Waals surface area contributed by atoms with Crippen LogP contribution in [0.4, 0.5) is 11.9 Å². The summed E-state index contributed by atoms with van der Waals surface area (Å²) in [4.78, 5) is 17.2. The number of hydrogen-bond donors (Lipinski definition) is 2. The number of amides is 1. The van der Waals surface area contributed by atoms with Gasteiger partial charge in [-0.1, -0.05) is 65.2 Å². The van der Waals surface area contributed by atoms with Gasteiger partial charge in [0.2, 0.25) is 5.95 Å². The molecule has 5 rings (SSSR count). The van der Waals surface area contributed by atoms with E-state index in [0.717, 1.165) is 16.8 Å². The van der Waals surface area contributed by atoms with E-state index in [9.17, 15) is 4.79 Å². The maximum Gasteiger partial charge on any atom is 0.258 e. The Labute approximate surface area is 200 Å². The Balaban J connectivity index is 1.50. The molecule has 1 amide bonds. The SMILES string of the molecule is Cc1ccc([C@@H]2C=C(c3ccc(Cl)cc3)Nc3nc(NC(=O)c4ccc(Cl)cc4)nn32)cc1. The third-order valence-corrected chi connectivity index (χ3v) is 5.88. The van der Waals surface area contributed by atoms with Crippen molar-refractivity contribution in [2.24, 2.45) is 0 Å². The molecule has 3 aromatic carbocycles. The number of benzene rings is 3. The molecule has 0 bridgehead atoms. The lowest BCUT2D eigenvalue weighted by Gasteiger charge is -2.24. The number of aryl methyl sites for hydroxylation is 1. The van der Waals surface area contributed by atoms with Crippen molar-refractivity contribution in [3.8, 4) is 0 Å². The second kappa shape index (κ2) is 8.73. The van der Waals surface area contributed by atoms with Crippen molar-refractivity contribution in [1.82, 2.24) is 14.8 Å². The van der Waals surface area contributed by atoms with Crippen LogP contribution in [0.15, 0.2) is 78.9 Å². The molecule has 164 valence electrons. The molecular formula is C25H19Cl2N5O. The summed E-state index contributed by atoms with van der Waals surface area (Å²) in [5, 5.41) is 11.9. The molecular weight excluding hydrogens is 457 g/mol. The zero-order chi connectivity index (χ0) is 22.9. The van der Waals surface area contributed by atoms with Crippen molar-refractivity contribution in [2.75, 3.05) is 10.6 Å². The van der Waals surface area contributed by atoms with Crippen LogP contribution in [0.25, 0.3) is 5.70 Å². The molecule has 0 fully saturated rings. The van der Waals surface area contributed by atoms with Crippen molar-refractivity contribution in [2.45, 2.75) is 13.0 Å². The highest BCUT2D eigenvalue weighted by Gasteiger charge is 2.26. The van der Waals surface area contributed by atoms with Gasteiger partial charge in [-0.2, -0.15) is 4.98 Å². The third kappa shape index (κ3) is 4.49. The minimum atomic E-state index is -0.313. The monoisotopic (exact) mass is 475 g/mol. The maximum atomic E-state index is 12.7. The molecule has 0 saturated carbocycles. The number of rotatable bonds is 4. The molecule has 1 aliphatic heterocycles. The number of hydrogen-bond acceptors (Lipinski definition) is 4. The summed E-state index contributed by atoms with van der Waals surface area (Å²) in [6, 6.07) is 22.3. The molecule has 6 nitrogen and oxygen atoms in total. The van der Waals surface area contributed by atoms with Crippen LogP contribution in [0.2, 0.25) is 10.0 Å². The second-order valence-corrected chi connectivity index (χ2v) is 8.61. The number of aromatic nitrogens is 3. The van der Waals surface area contributed by atoms with E-state index in [0.29, 0.717) is 21.6 Å². The second-order valence-electron chi connectivity index (χ2n) is 7.73. The van der Waals surface area contributed by atoms with E-state index in [1.165, 1.54) is 5.56 Å². The van der Waals surface area contributed by atoms with Gasteiger partial charge < -0.3 is 5.32 Å².